The number of para-hydroxylation sites is 2. The number of hydrogen-bond donors (Lipinski definition) is 6. The first kappa shape index (κ1) is 26.4. The highest BCUT2D eigenvalue weighted by Gasteiger charge is 2.29. The van der Waals surface area contributed by atoms with E-state index in [1.165, 1.54) is 0 Å². The highest BCUT2D eigenvalue weighted by Crippen LogP contribution is 2.41. The van der Waals surface area contributed by atoms with Crippen molar-refractivity contribution >= 4 is 25.8 Å². The molecule has 4 aromatic carbocycles. The summed E-state index contributed by atoms with van der Waals surface area (Å²) in [4.78, 5) is 41.2. The Bertz CT molecular complexity index is 1440. The first-order valence-corrected chi connectivity index (χ1v) is 15.1. The molecule has 0 aromatic heterocycles. The van der Waals surface area contributed by atoms with Crippen molar-refractivity contribution in [3.8, 4) is 11.5 Å². The third-order valence-electron chi connectivity index (χ3n) is 6.92. The van der Waals surface area contributed by atoms with Gasteiger partial charge in [-0.2, -0.15) is 0 Å². The van der Waals surface area contributed by atoms with E-state index in [4.69, 9.17) is 0 Å². The average Bonchev–Trinajstić information content (AvgIpc) is 2.82. The fraction of sp³-hybridized carbons (Fsp3) is 0.143. The Hall–Kier alpha value is -3.22. The van der Waals surface area contributed by atoms with E-state index in [1.807, 2.05) is 0 Å². The van der Waals surface area contributed by atoms with E-state index in [0.29, 0.717) is 44.5 Å². The minimum atomic E-state index is -4.75. The molecule has 1 aliphatic rings. The Morgan fingerprint density at radius 2 is 0.632 bits per heavy atom. The second-order valence-electron chi connectivity index (χ2n) is 9.49. The molecule has 8 nitrogen and oxygen atoms in total. The lowest BCUT2D eigenvalue weighted by Gasteiger charge is -2.20. The van der Waals surface area contributed by atoms with E-state index < -0.39 is 15.2 Å². The Labute approximate surface area is 219 Å². The van der Waals surface area contributed by atoms with E-state index in [9.17, 15) is 38.9 Å². The SMILES string of the molecule is O=P(O)(O)c1c2cccc1Cc1cccc(c1O)Cc1cccc(c1P(=O)(O)O)Cc1cccc(c1O)C2. The molecular weight excluding hydrogens is 526 g/mol. The monoisotopic (exact) mass is 552 g/mol. The highest BCUT2D eigenvalue weighted by atomic mass is 31.2. The van der Waals surface area contributed by atoms with Crippen LogP contribution in [0.4, 0.5) is 0 Å². The fourth-order valence-electron chi connectivity index (χ4n) is 5.29. The van der Waals surface area contributed by atoms with Crippen molar-refractivity contribution in [2.75, 3.05) is 0 Å². The van der Waals surface area contributed by atoms with Crippen LogP contribution in [0.2, 0.25) is 0 Å². The van der Waals surface area contributed by atoms with Crippen LogP contribution in [0.1, 0.15) is 44.5 Å². The predicted molar refractivity (Wildman–Crippen MR) is 144 cm³/mol. The molecule has 0 saturated carbocycles. The average molecular weight is 552 g/mol. The molecule has 6 N–H and O–H groups in total. The van der Waals surface area contributed by atoms with Gasteiger partial charge in [-0.25, -0.2) is 0 Å². The third-order valence-corrected chi connectivity index (χ3v) is 9.23. The van der Waals surface area contributed by atoms with E-state index >= 15 is 0 Å². The molecule has 0 spiro atoms. The Balaban J connectivity index is 1.80. The Kier molecular flexibility index (Phi) is 6.82. The minimum Gasteiger partial charge on any atom is -0.507 e. The molecule has 1 aliphatic carbocycles. The normalized spacial score (nSPS) is 13.8. The van der Waals surface area contributed by atoms with Crippen LogP contribution < -0.4 is 10.6 Å². The van der Waals surface area contributed by atoms with E-state index in [1.54, 1.807) is 72.8 Å². The lowest BCUT2D eigenvalue weighted by atomic mass is 9.92. The number of fused-ring (bicyclic) bond motifs is 8. The van der Waals surface area contributed by atoms with Crippen molar-refractivity contribution < 1.29 is 38.9 Å². The molecule has 0 atom stereocenters. The lowest BCUT2D eigenvalue weighted by molar-refractivity contribution is 0.384. The van der Waals surface area contributed by atoms with Crippen LogP contribution in [-0.4, -0.2) is 29.8 Å². The summed E-state index contributed by atoms with van der Waals surface area (Å²) in [6.45, 7) is 0. The van der Waals surface area contributed by atoms with Crippen LogP contribution in [0.15, 0.2) is 72.8 Å². The van der Waals surface area contributed by atoms with Gasteiger partial charge in [-0.05, 0) is 44.5 Å². The van der Waals surface area contributed by atoms with Gasteiger partial charge in [0.05, 0.1) is 10.6 Å². The van der Waals surface area contributed by atoms with E-state index in [-0.39, 0.29) is 47.8 Å². The first-order valence-electron chi connectivity index (χ1n) is 11.9. The summed E-state index contributed by atoms with van der Waals surface area (Å²) in [5.41, 5.74) is 3.02. The van der Waals surface area contributed by atoms with E-state index in [2.05, 4.69) is 0 Å². The molecule has 38 heavy (non-hydrogen) atoms. The number of aromatic hydroxyl groups is 2. The smallest absolute Gasteiger partial charge is 0.356 e. The van der Waals surface area contributed by atoms with Crippen molar-refractivity contribution in [1.29, 1.82) is 0 Å². The molecule has 0 saturated heterocycles. The van der Waals surface area contributed by atoms with Gasteiger partial charge in [0.1, 0.15) is 11.5 Å². The summed E-state index contributed by atoms with van der Waals surface area (Å²) >= 11 is 0. The molecule has 8 bridgehead atoms. The zero-order valence-corrected chi connectivity index (χ0v) is 21.9. The Morgan fingerprint density at radius 1 is 0.421 bits per heavy atom. The molecule has 0 aliphatic heterocycles. The molecule has 196 valence electrons. The second kappa shape index (κ2) is 9.83. The summed E-state index contributed by atoms with van der Waals surface area (Å²) in [5.74, 6) is -0.210. The topological polar surface area (TPSA) is 156 Å². The molecular formula is C28H26O8P2. The minimum absolute atomic E-state index is 0.0192. The standard InChI is InChI=1S/C28H26O8P2/c29-25-17-5-1-6-18(25)14-22-10-4-12-24(28(22)38(34,35)36)16-20-8-2-7-19(26(20)30)15-23-11-3-9-21(13-17)27(23)37(31,32)33/h1-12,29-30H,13-16H2,(H2,31,32,33)(H2,34,35,36). The number of phenolic OH excluding ortho intramolecular Hbond substituents is 2. The van der Waals surface area contributed by atoms with Crippen molar-refractivity contribution in [2.45, 2.75) is 25.7 Å². The van der Waals surface area contributed by atoms with Crippen LogP contribution in [0.25, 0.3) is 0 Å². The van der Waals surface area contributed by atoms with Gasteiger partial charge in [0, 0.05) is 25.7 Å². The van der Waals surface area contributed by atoms with Crippen LogP contribution in [0.5, 0.6) is 11.5 Å². The molecule has 5 rings (SSSR count). The maximum absolute atomic E-state index is 12.7. The summed E-state index contributed by atoms with van der Waals surface area (Å²) in [6.07, 6.45) is 0.0769. The second-order valence-corrected chi connectivity index (χ2v) is 12.6. The van der Waals surface area contributed by atoms with Crippen molar-refractivity contribution in [3.05, 3.63) is 117 Å². The van der Waals surface area contributed by atoms with Gasteiger partial charge in [-0.1, -0.05) is 72.8 Å². The summed E-state index contributed by atoms with van der Waals surface area (Å²) < 4.78 is 25.3. The van der Waals surface area contributed by atoms with Crippen molar-refractivity contribution in [2.24, 2.45) is 0 Å². The summed E-state index contributed by atoms with van der Waals surface area (Å²) in [7, 11) is -9.50. The van der Waals surface area contributed by atoms with Gasteiger partial charge >= 0.3 is 15.2 Å². The zero-order valence-electron chi connectivity index (χ0n) is 20.2. The molecule has 0 radical (unpaired) electrons. The van der Waals surface area contributed by atoms with Crippen molar-refractivity contribution in [3.63, 3.8) is 0 Å². The first-order chi connectivity index (χ1) is 17.9. The number of benzene rings is 4. The number of rotatable bonds is 2. The maximum Gasteiger partial charge on any atom is 0.356 e. The summed E-state index contributed by atoms with van der Waals surface area (Å²) in [5, 5.41) is 22.0. The quantitative estimate of drug-likeness (QED) is 0.182. The molecule has 10 heteroatoms. The van der Waals surface area contributed by atoms with Crippen LogP contribution in [0, 0.1) is 0 Å². The van der Waals surface area contributed by atoms with Gasteiger partial charge in [-0.15, -0.1) is 0 Å². The Morgan fingerprint density at radius 3 is 0.842 bits per heavy atom. The highest BCUT2D eigenvalue weighted by molar-refractivity contribution is 7.60. The molecule has 0 unspecified atom stereocenters. The van der Waals surface area contributed by atoms with Crippen LogP contribution >= 0.6 is 15.2 Å². The largest absolute Gasteiger partial charge is 0.507 e. The molecule has 0 amide bonds. The molecule has 0 heterocycles. The van der Waals surface area contributed by atoms with Gasteiger partial charge < -0.3 is 29.8 Å². The third kappa shape index (κ3) is 5.07. The maximum atomic E-state index is 12.7. The lowest BCUT2D eigenvalue weighted by Crippen LogP contribution is -2.19. The van der Waals surface area contributed by atoms with Crippen LogP contribution in [-0.2, 0) is 34.8 Å². The molecule has 4 aromatic rings. The predicted octanol–water partition coefficient (Wildman–Crippen LogP) is 3.38. The summed E-state index contributed by atoms with van der Waals surface area (Å²) in [6, 6.07) is 19.7. The van der Waals surface area contributed by atoms with Gasteiger partial charge in [-0.3, -0.25) is 9.13 Å². The van der Waals surface area contributed by atoms with Crippen molar-refractivity contribution in [1.82, 2.24) is 0 Å². The van der Waals surface area contributed by atoms with Crippen LogP contribution in [0.3, 0.4) is 0 Å². The van der Waals surface area contributed by atoms with E-state index in [0.717, 1.165) is 0 Å². The molecule has 0 fully saturated rings. The fourth-order valence-corrected chi connectivity index (χ4v) is 7.40. The van der Waals surface area contributed by atoms with Gasteiger partial charge in [0.2, 0.25) is 0 Å². The van der Waals surface area contributed by atoms with Gasteiger partial charge in [0.25, 0.3) is 0 Å². The van der Waals surface area contributed by atoms with Gasteiger partial charge in [0.15, 0.2) is 0 Å². The zero-order chi connectivity index (χ0) is 27.2. The number of phenols is 2. The number of hydrogen-bond acceptors (Lipinski definition) is 4.